The highest BCUT2D eigenvalue weighted by Gasteiger charge is 2.35. The fourth-order valence-corrected chi connectivity index (χ4v) is 6.74. The molecule has 0 aliphatic heterocycles. The highest BCUT2D eigenvalue weighted by Crippen LogP contribution is 2.46. The average Bonchev–Trinajstić information content (AvgIpc) is 3.29. The van der Waals surface area contributed by atoms with Crippen molar-refractivity contribution in [3.8, 4) is 11.3 Å². The second kappa shape index (κ2) is 10.5. The van der Waals surface area contributed by atoms with E-state index < -0.39 is 5.97 Å². The van der Waals surface area contributed by atoms with Crippen LogP contribution in [0.25, 0.3) is 22.2 Å². The van der Waals surface area contributed by atoms with Gasteiger partial charge in [0.25, 0.3) is 5.91 Å². The van der Waals surface area contributed by atoms with E-state index in [9.17, 15) is 9.59 Å². The topological polar surface area (TPSA) is 68.3 Å². The normalized spacial score (nSPS) is 15.2. The lowest BCUT2D eigenvalue weighted by molar-refractivity contribution is 0.0600. The summed E-state index contributed by atoms with van der Waals surface area (Å²) in [6, 6.07) is 16.9. The van der Waals surface area contributed by atoms with E-state index in [0.717, 1.165) is 41.7 Å². The lowest BCUT2D eigenvalue weighted by atomic mass is 9.69. The maximum Gasteiger partial charge on any atom is 0.341 e. The first-order chi connectivity index (χ1) is 18.2. The number of methoxy groups -OCH3 is 1. The van der Waals surface area contributed by atoms with E-state index >= 15 is 0 Å². The molecule has 0 spiro atoms. The number of thiophene rings is 1. The van der Waals surface area contributed by atoms with Crippen LogP contribution in [0.3, 0.4) is 0 Å². The number of esters is 1. The standard InChI is InChI=1S/C31H31ClN2O3S/c1-5-31(2,3)19-11-13-21-26(15-19)38-29(27(21)30(36)37-4)34-28(35)23-17-25(18-9-7-6-8-10-18)33-24-14-12-20(32)16-22(23)24/h6-10,12,14,16-17,19H,5,11,13,15H2,1-4H3,(H,34,35)/t19-/m0/s1. The van der Waals surface area contributed by atoms with Gasteiger partial charge in [0.1, 0.15) is 5.00 Å². The molecule has 0 saturated heterocycles. The van der Waals surface area contributed by atoms with Crippen LogP contribution < -0.4 is 5.32 Å². The van der Waals surface area contributed by atoms with Gasteiger partial charge in [-0.05, 0) is 60.4 Å². The Labute approximate surface area is 232 Å². The van der Waals surface area contributed by atoms with Crippen molar-refractivity contribution in [2.24, 2.45) is 11.3 Å². The van der Waals surface area contributed by atoms with Crippen molar-refractivity contribution in [1.29, 1.82) is 0 Å². The number of rotatable bonds is 6. The summed E-state index contributed by atoms with van der Waals surface area (Å²) in [5.41, 5.74) is 4.41. The molecule has 5 nitrogen and oxygen atoms in total. The Kier molecular flexibility index (Phi) is 7.30. The summed E-state index contributed by atoms with van der Waals surface area (Å²) in [6.07, 6.45) is 3.79. The zero-order chi connectivity index (χ0) is 27.0. The molecule has 1 aliphatic rings. The van der Waals surface area contributed by atoms with E-state index in [-0.39, 0.29) is 11.3 Å². The quantitative estimate of drug-likeness (QED) is 0.247. The number of aromatic nitrogens is 1. The van der Waals surface area contributed by atoms with Crippen LogP contribution in [-0.2, 0) is 17.6 Å². The third-order valence-corrected chi connectivity index (χ3v) is 9.39. The summed E-state index contributed by atoms with van der Waals surface area (Å²) in [4.78, 5) is 32.7. The first-order valence-corrected chi connectivity index (χ1v) is 14.1. The third-order valence-electron chi connectivity index (χ3n) is 7.98. The van der Waals surface area contributed by atoms with Gasteiger partial charge in [0.2, 0.25) is 0 Å². The number of carbonyl (C=O) groups excluding carboxylic acids is 2. The van der Waals surface area contributed by atoms with Crippen LogP contribution in [-0.4, -0.2) is 24.0 Å². The molecular weight excluding hydrogens is 516 g/mol. The number of fused-ring (bicyclic) bond motifs is 2. The van der Waals surface area contributed by atoms with Crippen molar-refractivity contribution < 1.29 is 14.3 Å². The number of hydrogen-bond donors (Lipinski definition) is 1. The monoisotopic (exact) mass is 546 g/mol. The van der Waals surface area contributed by atoms with Crippen LogP contribution in [0.1, 0.15) is 64.8 Å². The molecule has 0 radical (unpaired) electrons. The number of ether oxygens (including phenoxy) is 1. The molecule has 1 N–H and O–H groups in total. The first kappa shape index (κ1) is 26.4. The molecule has 7 heteroatoms. The number of carbonyl (C=O) groups is 2. The second-order valence-electron chi connectivity index (χ2n) is 10.5. The number of benzene rings is 2. The number of halogens is 1. The highest BCUT2D eigenvalue weighted by atomic mass is 35.5. The molecule has 2 aromatic carbocycles. The third kappa shape index (κ3) is 4.95. The Balaban J connectivity index is 1.57. The highest BCUT2D eigenvalue weighted by molar-refractivity contribution is 7.17. The van der Waals surface area contributed by atoms with Crippen LogP contribution in [0.2, 0.25) is 5.02 Å². The van der Waals surface area contributed by atoms with Gasteiger partial charge in [-0.25, -0.2) is 9.78 Å². The van der Waals surface area contributed by atoms with Gasteiger partial charge in [-0.2, -0.15) is 0 Å². The predicted molar refractivity (Wildman–Crippen MR) is 155 cm³/mol. The maximum atomic E-state index is 13.8. The number of anilines is 1. The summed E-state index contributed by atoms with van der Waals surface area (Å²) < 4.78 is 5.16. The Hall–Kier alpha value is -3.22. The van der Waals surface area contributed by atoms with Gasteiger partial charge in [0, 0.05) is 20.8 Å². The van der Waals surface area contributed by atoms with Crippen molar-refractivity contribution in [3.63, 3.8) is 0 Å². The van der Waals surface area contributed by atoms with E-state index in [1.165, 1.54) is 18.4 Å². The van der Waals surface area contributed by atoms with Crippen LogP contribution in [0.4, 0.5) is 5.00 Å². The number of pyridine rings is 1. The molecule has 0 saturated carbocycles. The van der Waals surface area contributed by atoms with Crippen molar-refractivity contribution in [1.82, 2.24) is 4.98 Å². The largest absolute Gasteiger partial charge is 0.465 e. The zero-order valence-corrected chi connectivity index (χ0v) is 23.6. The van der Waals surface area contributed by atoms with Crippen molar-refractivity contribution >= 4 is 50.7 Å². The van der Waals surface area contributed by atoms with Crippen LogP contribution in [0, 0.1) is 11.3 Å². The van der Waals surface area contributed by atoms with E-state index in [1.54, 1.807) is 18.2 Å². The smallest absolute Gasteiger partial charge is 0.341 e. The minimum atomic E-state index is -0.418. The van der Waals surface area contributed by atoms with Crippen LogP contribution >= 0.6 is 22.9 Å². The molecule has 5 rings (SSSR count). The van der Waals surface area contributed by atoms with Crippen LogP contribution in [0.5, 0.6) is 0 Å². The van der Waals surface area contributed by atoms with E-state index in [4.69, 9.17) is 21.3 Å². The molecular formula is C31H31ClN2O3S. The Bertz CT molecular complexity index is 1530. The van der Waals surface area contributed by atoms with Crippen molar-refractivity contribution in [3.05, 3.63) is 81.2 Å². The lowest BCUT2D eigenvalue weighted by Crippen LogP contribution is -2.28. The molecule has 2 heterocycles. The number of nitrogens with one attached hydrogen (secondary N) is 1. The predicted octanol–water partition coefficient (Wildman–Crippen LogP) is 8.20. The van der Waals surface area contributed by atoms with E-state index in [0.29, 0.717) is 43.7 Å². The number of nitrogens with zero attached hydrogens (tertiary/aromatic N) is 1. The Morgan fingerprint density at radius 1 is 1.16 bits per heavy atom. The van der Waals surface area contributed by atoms with Gasteiger partial charge in [-0.1, -0.05) is 69.1 Å². The molecule has 0 bridgehead atoms. The average molecular weight is 547 g/mol. The van der Waals surface area contributed by atoms with Gasteiger partial charge in [0.15, 0.2) is 0 Å². The lowest BCUT2D eigenvalue weighted by Gasteiger charge is -2.36. The first-order valence-electron chi connectivity index (χ1n) is 12.9. The van der Waals surface area contributed by atoms with Gasteiger partial charge < -0.3 is 10.1 Å². The molecule has 1 aliphatic carbocycles. The molecule has 1 atom stereocenters. The molecule has 2 aromatic heterocycles. The fraction of sp³-hybridized carbons (Fsp3) is 0.323. The van der Waals surface area contributed by atoms with Crippen molar-refractivity contribution in [2.75, 3.05) is 12.4 Å². The Morgan fingerprint density at radius 3 is 2.63 bits per heavy atom. The van der Waals surface area contributed by atoms with Gasteiger partial charge in [-0.15, -0.1) is 11.3 Å². The zero-order valence-electron chi connectivity index (χ0n) is 22.1. The molecule has 0 unspecified atom stereocenters. The molecule has 38 heavy (non-hydrogen) atoms. The summed E-state index contributed by atoms with van der Waals surface area (Å²) in [5.74, 6) is -0.211. The fourth-order valence-electron chi connectivity index (χ4n) is 5.26. The van der Waals surface area contributed by atoms with E-state index in [2.05, 4.69) is 26.1 Å². The van der Waals surface area contributed by atoms with Crippen molar-refractivity contribution in [2.45, 2.75) is 46.5 Å². The van der Waals surface area contributed by atoms with Gasteiger partial charge >= 0.3 is 5.97 Å². The Morgan fingerprint density at radius 2 is 1.92 bits per heavy atom. The molecule has 1 amide bonds. The minimum absolute atomic E-state index is 0.208. The van der Waals surface area contributed by atoms with Gasteiger partial charge in [0.05, 0.1) is 29.4 Å². The maximum absolute atomic E-state index is 13.8. The summed E-state index contributed by atoms with van der Waals surface area (Å²) in [6.45, 7) is 6.85. The SMILES string of the molecule is CCC(C)(C)[C@H]1CCc2c(sc(NC(=O)c3cc(-c4ccccc4)nc4ccc(Cl)cc34)c2C(=O)OC)C1. The minimum Gasteiger partial charge on any atom is -0.465 e. The molecule has 0 fully saturated rings. The van der Waals surface area contributed by atoms with E-state index in [1.807, 2.05) is 36.4 Å². The second-order valence-corrected chi connectivity index (χ2v) is 12.1. The number of amides is 1. The van der Waals surface area contributed by atoms with Gasteiger partial charge in [-0.3, -0.25) is 4.79 Å². The molecule has 4 aromatic rings. The summed E-state index contributed by atoms with van der Waals surface area (Å²) in [7, 11) is 1.38. The molecule has 196 valence electrons. The van der Waals surface area contributed by atoms with Crippen LogP contribution in [0.15, 0.2) is 54.6 Å². The summed E-state index contributed by atoms with van der Waals surface area (Å²) >= 11 is 7.80. The summed E-state index contributed by atoms with van der Waals surface area (Å²) in [5, 5.41) is 4.78. The number of hydrogen-bond acceptors (Lipinski definition) is 5.